The zero-order chi connectivity index (χ0) is 13.3. The van der Waals surface area contributed by atoms with Gasteiger partial charge in [-0.25, -0.2) is 13.1 Å². The maximum absolute atomic E-state index is 11.7. The van der Waals surface area contributed by atoms with Crippen LogP contribution in [0.3, 0.4) is 0 Å². The van der Waals surface area contributed by atoms with Crippen LogP contribution in [0.15, 0.2) is 0 Å². The van der Waals surface area contributed by atoms with Crippen LogP contribution in [0.4, 0.5) is 0 Å². The summed E-state index contributed by atoms with van der Waals surface area (Å²) in [5.41, 5.74) is 0. The van der Waals surface area contributed by atoms with Gasteiger partial charge in [-0.15, -0.1) is 18.2 Å². The Morgan fingerprint density at radius 1 is 1.39 bits per heavy atom. The molecule has 0 atom stereocenters. The molecule has 1 heterocycles. The van der Waals surface area contributed by atoms with Gasteiger partial charge in [0, 0.05) is 45.0 Å². The summed E-state index contributed by atoms with van der Waals surface area (Å²) in [6.07, 6.45) is 5.11. The molecule has 1 saturated heterocycles. The predicted octanol–water partition coefficient (Wildman–Crippen LogP) is -0.823. The van der Waals surface area contributed by atoms with E-state index >= 15 is 0 Å². The quantitative estimate of drug-likeness (QED) is 0.452. The highest BCUT2D eigenvalue weighted by Gasteiger charge is 2.14. The molecule has 1 fully saturated rings. The Labute approximate surface area is 114 Å². The van der Waals surface area contributed by atoms with E-state index in [1.54, 1.807) is 11.8 Å². The van der Waals surface area contributed by atoms with E-state index in [1.165, 1.54) is 0 Å². The van der Waals surface area contributed by atoms with Crippen molar-refractivity contribution in [2.75, 3.05) is 56.5 Å². The zero-order valence-electron chi connectivity index (χ0n) is 10.5. The van der Waals surface area contributed by atoms with Crippen molar-refractivity contribution < 1.29 is 8.42 Å². The van der Waals surface area contributed by atoms with E-state index < -0.39 is 10.0 Å². The number of hydrogen-bond acceptors (Lipinski definition) is 5. The molecule has 0 aromatic carbocycles. The summed E-state index contributed by atoms with van der Waals surface area (Å²) in [6.45, 7) is 4.79. The molecule has 0 amide bonds. The number of thioether (sulfide) groups is 1. The van der Waals surface area contributed by atoms with Crippen molar-refractivity contribution in [1.29, 1.82) is 0 Å². The van der Waals surface area contributed by atoms with Gasteiger partial charge < -0.3 is 5.32 Å². The van der Waals surface area contributed by atoms with Gasteiger partial charge in [-0.05, 0) is 0 Å². The highest BCUT2D eigenvalue weighted by molar-refractivity contribution is 7.99. The van der Waals surface area contributed by atoms with Crippen molar-refractivity contribution >= 4 is 21.8 Å². The second kappa shape index (κ2) is 8.77. The van der Waals surface area contributed by atoms with Crippen LogP contribution in [0.1, 0.15) is 0 Å². The lowest BCUT2D eigenvalue weighted by Gasteiger charge is -2.26. The highest BCUT2D eigenvalue weighted by atomic mass is 32.2. The van der Waals surface area contributed by atoms with Gasteiger partial charge in [0.15, 0.2) is 0 Å². The van der Waals surface area contributed by atoms with Gasteiger partial charge in [0.1, 0.15) is 0 Å². The molecule has 0 aromatic rings. The molecular weight excluding hydrogens is 270 g/mol. The van der Waals surface area contributed by atoms with E-state index in [4.69, 9.17) is 6.42 Å². The van der Waals surface area contributed by atoms with Gasteiger partial charge in [0.25, 0.3) is 0 Å². The van der Waals surface area contributed by atoms with Crippen molar-refractivity contribution in [3.05, 3.63) is 0 Å². The Morgan fingerprint density at radius 3 is 2.78 bits per heavy atom. The van der Waals surface area contributed by atoms with E-state index in [0.29, 0.717) is 18.8 Å². The van der Waals surface area contributed by atoms with Gasteiger partial charge >= 0.3 is 0 Å². The first kappa shape index (κ1) is 15.8. The fourth-order valence-electron chi connectivity index (χ4n) is 1.66. The fraction of sp³-hybridized carbons (Fsp3) is 0.818. The average Bonchev–Trinajstić information content (AvgIpc) is 2.38. The third kappa shape index (κ3) is 7.24. The number of hydrogen-bond donors (Lipinski definition) is 2. The lowest BCUT2D eigenvalue weighted by atomic mass is 10.4. The number of piperazine rings is 1. The maximum atomic E-state index is 11.7. The standard InChI is InChI=1S/C11H21N3O2S2/c1-2-9-17-10-5-13-18(15,16)11-8-14-6-3-12-4-7-14/h1,12-13H,3-11H2. The molecule has 18 heavy (non-hydrogen) atoms. The molecule has 0 bridgehead atoms. The number of nitrogens with zero attached hydrogens (tertiary/aromatic N) is 1. The Morgan fingerprint density at radius 2 is 2.11 bits per heavy atom. The van der Waals surface area contributed by atoms with Crippen LogP contribution in [0.25, 0.3) is 0 Å². The van der Waals surface area contributed by atoms with E-state index in [9.17, 15) is 8.42 Å². The molecule has 0 saturated carbocycles. The molecule has 1 rings (SSSR count). The number of sulfonamides is 1. The van der Waals surface area contributed by atoms with E-state index in [0.717, 1.165) is 31.9 Å². The molecule has 0 unspecified atom stereocenters. The van der Waals surface area contributed by atoms with Gasteiger partial charge in [-0.3, -0.25) is 4.90 Å². The largest absolute Gasteiger partial charge is 0.314 e. The molecule has 0 radical (unpaired) electrons. The molecule has 0 aromatic heterocycles. The van der Waals surface area contributed by atoms with Crippen LogP contribution in [-0.2, 0) is 10.0 Å². The minimum absolute atomic E-state index is 0.173. The Balaban J connectivity index is 2.12. The van der Waals surface area contributed by atoms with Crippen LogP contribution in [-0.4, -0.2) is 69.8 Å². The maximum Gasteiger partial charge on any atom is 0.212 e. The van der Waals surface area contributed by atoms with Gasteiger partial charge in [0.05, 0.1) is 11.5 Å². The number of nitrogens with one attached hydrogen (secondary N) is 2. The first-order valence-electron chi connectivity index (χ1n) is 6.06. The van der Waals surface area contributed by atoms with Gasteiger partial charge in [0.2, 0.25) is 10.0 Å². The van der Waals surface area contributed by atoms with Crippen molar-refractivity contribution in [3.8, 4) is 12.3 Å². The second-order valence-electron chi connectivity index (χ2n) is 4.06. The van der Waals surface area contributed by atoms with Crippen molar-refractivity contribution in [1.82, 2.24) is 14.9 Å². The molecule has 1 aliphatic heterocycles. The van der Waals surface area contributed by atoms with Crippen LogP contribution < -0.4 is 10.0 Å². The molecule has 5 nitrogen and oxygen atoms in total. The molecular formula is C11H21N3O2S2. The summed E-state index contributed by atoms with van der Waals surface area (Å²) in [5, 5.41) is 3.24. The third-order valence-corrected chi connectivity index (χ3v) is 4.87. The Hall–Kier alpha value is -0.260. The summed E-state index contributed by atoms with van der Waals surface area (Å²) in [4.78, 5) is 2.17. The Kier molecular flexibility index (Phi) is 7.70. The van der Waals surface area contributed by atoms with Crippen molar-refractivity contribution in [2.24, 2.45) is 0 Å². The molecule has 1 aliphatic rings. The summed E-state index contributed by atoms with van der Waals surface area (Å²) in [5.74, 6) is 4.03. The van der Waals surface area contributed by atoms with Crippen LogP contribution in [0.5, 0.6) is 0 Å². The number of terminal acetylenes is 1. The topological polar surface area (TPSA) is 61.4 Å². The molecule has 0 aliphatic carbocycles. The number of rotatable bonds is 8. The summed E-state index contributed by atoms with van der Waals surface area (Å²) in [7, 11) is -3.15. The summed E-state index contributed by atoms with van der Waals surface area (Å²) < 4.78 is 26.0. The smallest absolute Gasteiger partial charge is 0.212 e. The fourth-order valence-corrected chi connectivity index (χ4v) is 3.35. The molecule has 0 spiro atoms. The highest BCUT2D eigenvalue weighted by Crippen LogP contribution is 1.97. The van der Waals surface area contributed by atoms with Gasteiger partial charge in [-0.1, -0.05) is 5.92 Å². The first-order valence-corrected chi connectivity index (χ1v) is 8.86. The molecule has 104 valence electrons. The van der Waals surface area contributed by atoms with Crippen LogP contribution >= 0.6 is 11.8 Å². The van der Waals surface area contributed by atoms with E-state index in [2.05, 4.69) is 20.9 Å². The van der Waals surface area contributed by atoms with Gasteiger partial charge in [-0.2, -0.15) is 0 Å². The lowest BCUT2D eigenvalue weighted by Crippen LogP contribution is -2.46. The monoisotopic (exact) mass is 291 g/mol. The SMILES string of the molecule is C#CCSCCNS(=O)(=O)CCN1CCNCC1. The third-order valence-electron chi connectivity index (χ3n) is 2.64. The van der Waals surface area contributed by atoms with Crippen molar-refractivity contribution in [2.45, 2.75) is 0 Å². The summed E-state index contributed by atoms with van der Waals surface area (Å²) in [6, 6.07) is 0. The van der Waals surface area contributed by atoms with E-state index in [1.807, 2.05) is 0 Å². The predicted molar refractivity (Wildman–Crippen MR) is 77.3 cm³/mol. The van der Waals surface area contributed by atoms with E-state index in [-0.39, 0.29) is 5.75 Å². The minimum atomic E-state index is -3.15. The zero-order valence-corrected chi connectivity index (χ0v) is 12.2. The Bertz CT molecular complexity index is 359. The van der Waals surface area contributed by atoms with Crippen LogP contribution in [0.2, 0.25) is 0 Å². The lowest BCUT2D eigenvalue weighted by molar-refractivity contribution is 0.253. The van der Waals surface area contributed by atoms with Crippen LogP contribution in [0, 0.1) is 12.3 Å². The minimum Gasteiger partial charge on any atom is -0.314 e. The van der Waals surface area contributed by atoms with Crippen molar-refractivity contribution in [3.63, 3.8) is 0 Å². The first-order chi connectivity index (χ1) is 8.64. The second-order valence-corrected chi connectivity index (χ2v) is 7.09. The summed E-state index contributed by atoms with van der Waals surface area (Å²) >= 11 is 1.56. The molecule has 2 N–H and O–H groups in total. The normalized spacial score (nSPS) is 17.5. The molecule has 7 heteroatoms. The average molecular weight is 291 g/mol.